The highest BCUT2D eigenvalue weighted by Crippen LogP contribution is 2.18. The first-order valence-electron chi connectivity index (χ1n) is 6.64. The van der Waals surface area contributed by atoms with E-state index in [1.165, 1.54) is 0 Å². The number of rotatable bonds is 4. The Bertz CT molecular complexity index is 630. The molecule has 2 aromatic rings. The summed E-state index contributed by atoms with van der Waals surface area (Å²) in [6.45, 7) is 4.04. The van der Waals surface area contributed by atoms with Gasteiger partial charge < -0.3 is 5.73 Å². The third-order valence-corrected chi connectivity index (χ3v) is 2.79. The molecular formula is C16H18N4. The van der Waals surface area contributed by atoms with Crippen molar-refractivity contribution < 1.29 is 0 Å². The molecule has 0 aliphatic carbocycles. The van der Waals surface area contributed by atoms with Crippen LogP contribution in [0.5, 0.6) is 0 Å². The summed E-state index contributed by atoms with van der Waals surface area (Å²) in [7, 11) is 0. The lowest BCUT2D eigenvalue weighted by molar-refractivity contribution is 1.04. The summed E-state index contributed by atoms with van der Waals surface area (Å²) in [6, 6.07) is 9.76. The Hall–Kier alpha value is -2.49. The Morgan fingerprint density at radius 1 is 1.15 bits per heavy atom. The molecule has 0 unspecified atom stereocenters. The smallest absolute Gasteiger partial charge is 0.224 e. The van der Waals surface area contributed by atoms with E-state index in [9.17, 15) is 0 Å². The van der Waals surface area contributed by atoms with Gasteiger partial charge in [-0.05, 0) is 13.3 Å². The van der Waals surface area contributed by atoms with Gasteiger partial charge in [-0.3, -0.25) is 0 Å². The molecule has 0 fully saturated rings. The van der Waals surface area contributed by atoms with Gasteiger partial charge in [-0.15, -0.1) is 0 Å². The van der Waals surface area contributed by atoms with E-state index < -0.39 is 0 Å². The average Bonchev–Trinajstić information content (AvgIpc) is 2.48. The first-order valence-corrected chi connectivity index (χ1v) is 6.64. The summed E-state index contributed by atoms with van der Waals surface area (Å²) in [5.74, 6) is 1.43. The SMILES string of the molecule is CC=C(C=CCC)c1nc(N)nc(-c2ccccc2)n1. The lowest BCUT2D eigenvalue weighted by atomic mass is 10.2. The Labute approximate surface area is 119 Å². The van der Waals surface area contributed by atoms with Crippen molar-refractivity contribution in [3.63, 3.8) is 0 Å². The van der Waals surface area contributed by atoms with Crippen molar-refractivity contribution in [2.75, 3.05) is 5.73 Å². The van der Waals surface area contributed by atoms with E-state index >= 15 is 0 Å². The molecule has 0 spiro atoms. The second-order valence-corrected chi connectivity index (χ2v) is 4.26. The Kier molecular flexibility index (Phi) is 4.60. The Morgan fingerprint density at radius 2 is 1.90 bits per heavy atom. The molecule has 1 aromatic carbocycles. The van der Waals surface area contributed by atoms with Crippen LogP contribution in [0.4, 0.5) is 5.95 Å². The molecule has 2 rings (SSSR count). The van der Waals surface area contributed by atoms with E-state index in [-0.39, 0.29) is 5.95 Å². The number of hydrogen-bond acceptors (Lipinski definition) is 4. The number of nitrogens with two attached hydrogens (primary N) is 1. The number of anilines is 1. The largest absolute Gasteiger partial charge is 0.368 e. The number of aromatic nitrogens is 3. The van der Waals surface area contributed by atoms with Crippen molar-refractivity contribution in [3.05, 3.63) is 54.4 Å². The van der Waals surface area contributed by atoms with Crippen LogP contribution in [0.2, 0.25) is 0 Å². The first kappa shape index (κ1) is 13.9. The highest BCUT2D eigenvalue weighted by molar-refractivity contribution is 5.71. The first-order chi connectivity index (χ1) is 9.74. The van der Waals surface area contributed by atoms with Gasteiger partial charge in [0, 0.05) is 11.1 Å². The van der Waals surface area contributed by atoms with E-state index in [1.54, 1.807) is 0 Å². The molecule has 1 aromatic heterocycles. The van der Waals surface area contributed by atoms with Crippen molar-refractivity contribution in [1.82, 2.24) is 15.0 Å². The molecule has 0 bridgehead atoms. The van der Waals surface area contributed by atoms with Crippen LogP contribution in [0.25, 0.3) is 17.0 Å². The molecular weight excluding hydrogens is 248 g/mol. The van der Waals surface area contributed by atoms with Gasteiger partial charge >= 0.3 is 0 Å². The molecule has 4 heteroatoms. The molecule has 2 N–H and O–H groups in total. The molecule has 0 saturated heterocycles. The van der Waals surface area contributed by atoms with Crippen LogP contribution in [0.15, 0.2) is 48.6 Å². The number of benzene rings is 1. The highest BCUT2D eigenvalue weighted by atomic mass is 15.1. The summed E-state index contributed by atoms with van der Waals surface area (Å²) in [5, 5.41) is 0. The topological polar surface area (TPSA) is 64.7 Å². The fraction of sp³-hybridized carbons (Fsp3) is 0.188. The van der Waals surface area contributed by atoms with Gasteiger partial charge in [0.25, 0.3) is 0 Å². The maximum Gasteiger partial charge on any atom is 0.224 e. The van der Waals surface area contributed by atoms with Gasteiger partial charge in [0.2, 0.25) is 5.95 Å². The van der Waals surface area contributed by atoms with Crippen molar-refractivity contribution >= 4 is 11.5 Å². The van der Waals surface area contributed by atoms with Crippen LogP contribution in [0.1, 0.15) is 26.1 Å². The zero-order valence-corrected chi connectivity index (χ0v) is 11.7. The number of hydrogen-bond donors (Lipinski definition) is 1. The zero-order valence-electron chi connectivity index (χ0n) is 11.7. The molecule has 0 atom stereocenters. The minimum atomic E-state index is 0.234. The maximum atomic E-state index is 5.80. The van der Waals surface area contributed by atoms with Crippen molar-refractivity contribution in [3.8, 4) is 11.4 Å². The quantitative estimate of drug-likeness (QED) is 0.860. The molecule has 0 saturated carbocycles. The monoisotopic (exact) mass is 266 g/mol. The second-order valence-electron chi connectivity index (χ2n) is 4.26. The van der Waals surface area contributed by atoms with Crippen LogP contribution in [-0.4, -0.2) is 15.0 Å². The van der Waals surface area contributed by atoms with Crippen LogP contribution in [-0.2, 0) is 0 Å². The highest BCUT2D eigenvalue weighted by Gasteiger charge is 2.08. The molecule has 1 heterocycles. The zero-order chi connectivity index (χ0) is 14.4. The van der Waals surface area contributed by atoms with Gasteiger partial charge in [-0.1, -0.05) is 55.5 Å². The average molecular weight is 266 g/mol. The second kappa shape index (κ2) is 6.61. The summed E-state index contributed by atoms with van der Waals surface area (Å²) in [4.78, 5) is 12.9. The maximum absolute atomic E-state index is 5.80. The molecule has 0 aliphatic rings. The van der Waals surface area contributed by atoms with Gasteiger partial charge in [0.05, 0.1) is 0 Å². The van der Waals surface area contributed by atoms with Gasteiger partial charge in [0.1, 0.15) is 0 Å². The lowest BCUT2D eigenvalue weighted by Gasteiger charge is -2.05. The Morgan fingerprint density at radius 3 is 2.55 bits per heavy atom. The van der Waals surface area contributed by atoms with Crippen molar-refractivity contribution in [1.29, 1.82) is 0 Å². The predicted molar refractivity (Wildman–Crippen MR) is 82.8 cm³/mol. The summed E-state index contributed by atoms with van der Waals surface area (Å²) >= 11 is 0. The van der Waals surface area contributed by atoms with Crippen LogP contribution in [0.3, 0.4) is 0 Å². The minimum Gasteiger partial charge on any atom is -0.368 e. The molecule has 20 heavy (non-hydrogen) atoms. The molecule has 0 radical (unpaired) electrons. The minimum absolute atomic E-state index is 0.234. The predicted octanol–water partition coefficient (Wildman–Crippen LogP) is 3.49. The molecule has 102 valence electrons. The third-order valence-electron chi connectivity index (χ3n) is 2.79. The van der Waals surface area contributed by atoms with Crippen LogP contribution >= 0.6 is 0 Å². The fourth-order valence-corrected chi connectivity index (χ4v) is 1.78. The summed E-state index contributed by atoms with van der Waals surface area (Å²) < 4.78 is 0. The van der Waals surface area contributed by atoms with Gasteiger partial charge in [-0.25, -0.2) is 4.98 Å². The number of allylic oxidation sites excluding steroid dienone is 4. The van der Waals surface area contributed by atoms with Crippen LogP contribution < -0.4 is 5.73 Å². The standard InChI is InChI=1S/C16H18N4/c1-3-5-9-12(4-2)14-18-15(20-16(17)19-14)13-10-7-6-8-11-13/h4-11H,3H2,1-2H3,(H2,17,18,19,20). The summed E-state index contributed by atoms with van der Waals surface area (Å²) in [5.41, 5.74) is 7.68. The summed E-state index contributed by atoms with van der Waals surface area (Å²) in [6.07, 6.45) is 7.00. The molecule has 0 amide bonds. The van der Waals surface area contributed by atoms with E-state index in [0.717, 1.165) is 17.6 Å². The third kappa shape index (κ3) is 3.29. The van der Waals surface area contributed by atoms with Crippen molar-refractivity contribution in [2.45, 2.75) is 20.3 Å². The lowest BCUT2D eigenvalue weighted by Crippen LogP contribution is -2.04. The Balaban J connectivity index is 2.46. The van der Waals surface area contributed by atoms with E-state index in [1.807, 2.05) is 49.4 Å². The fourth-order valence-electron chi connectivity index (χ4n) is 1.78. The van der Waals surface area contributed by atoms with E-state index in [0.29, 0.717) is 11.6 Å². The van der Waals surface area contributed by atoms with Gasteiger partial charge in [0.15, 0.2) is 11.6 Å². The molecule has 0 aliphatic heterocycles. The molecule has 4 nitrogen and oxygen atoms in total. The van der Waals surface area contributed by atoms with E-state index in [2.05, 4.69) is 28.0 Å². The normalized spacial score (nSPS) is 12.0. The number of nitrogens with zero attached hydrogens (tertiary/aromatic N) is 3. The van der Waals surface area contributed by atoms with Crippen molar-refractivity contribution in [2.24, 2.45) is 0 Å². The van der Waals surface area contributed by atoms with Gasteiger partial charge in [-0.2, -0.15) is 9.97 Å². The van der Waals surface area contributed by atoms with Crippen LogP contribution in [0, 0.1) is 0 Å². The van der Waals surface area contributed by atoms with E-state index in [4.69, 9.17) is 5.73 Å². The number of nitrogen functional groups attached to an aromatic ring is 1.